The van der Waals surface area contributed by atoms with Gasteiger partial charge in [-0.15, -0.1) is 0 Å². The van der Waals surface area contributed by atoms with Crippen molar-refractivity contribution in [2.24, 2.45) is 0 Å². The molecule has 2 aromatic rings. The number of nitrogens with zero attached hydrogens (tertiary/aromatic N) is 1. The molecule has 0 aliphatic carbocycles. The summed E-state index contributed by atoms with van der Waals surface area (Å²) in [6.45, 7) is 2.09. The summed E-state index contributed by atoms with van der Waals surface area (Å²) in [4.78, 5) is 4.21. The minimum Gasteiger partial charge on any atom is -0.439 e. The zero-order valence-corrected chi connectivity index (χ0v) is 9.74. The summed E-state index contributed by atoms with van der Waals surface area (Å²) in [7, 11) is 0. The van der Waals surface area contributed by atoms with E-state index in [2.05, 4.69) is 11.9 Å². The fourth-order valence-corrected chi connectivity index (χ4v) is 1.43. The van der Waals surface area contributed by atoms with E-state index in [1.54, 1.807) is 12.1 Å². The molecule has 0 amide bonds. The lowest BCUT2D eigenvalue weighted by atomic mass is 10.2. The molecule has 1 aromatic carbocycles. The zero-order valence-electron chi connectivity index (χ0n) is 8.98. The molecule has 1 heterocycles. The van der Waals surface area contributed by atoms with Gasteiger partial charge in [-0.25, -0.2) is 4.98 Å². The van der Waals surface area contributed by atoms with Crippen molar-refractivity contribution in [2.45, 2.75) is 13.3 Å². The van der Waals surface area contributed by atoms with Gasteiger partial charge in [-0.3, -0.25) is 0 Å². The Kier molecular flexibility index (Phi) is 3.42. The number of benzene rings is 1. The summed E-state index contributed by atoms with van der Waals surface area (Å²) >= 11 is 5.78. The van der Waals surface area contributed by atoms with Crippen LogP contribution in [-0.2, 0) is 6.42 Å². The molecule has 0 aliphatic rings. The molecule has 0 unspecified atom stereocenters. The average molecular weight is 234 g/mol. The van der Waals surface area contributed by atoms with Gasteiger partial charge in [0.15, 0.2) is 0 Å². The number of aryl methyl sites for hydroxylation is 1. The summed E-state index contributed by atoms with van der Waals surface area (Å²) in [5.41, 5.74) is 1.20. The van der Waals surface area contributed by atoms with Crippen LogP contribution in [0.15, 0.2) is 42.6 Å². The van der Waals surface area contributed by atoms with E-state index in [9.17, 15) is 0 Å². The molecule has 2 rings (SSSR count). The molecular weight excluding hydrogens is 222 g/mol. The van der Waals surface area contributed by atoms with E-state index in [0.717, 1.165) is 12.2 Å². The minimum atomic E-state index is 0.597. The van der Waals surface area contributed by atoms with Gasteiger partial charge in [0.25, 0.3) is 0 Å². The summed E-state index contributed by atoms with van der Waals surface area (Å²) in [5.74, 6) is 1.33. The Bertz CT molecular complexity index is 450. The van der Waals surface area contributed by atoms with Crippen LogP contribution in [0.3, 0.4) is 0 Å². The molecule has 0 aliphatic heterocycles. The van der Waals surface area contributed by atoms with Gasteiger partial charge < -0.3 is 4.74 Å². The van der Waals surface area contributed by atoms with Crippen LogP contribution in [0.2, 0.25) is 5.02 Å². The first-order chi connectivity index (χ1) is 7.78. The van der Waals surface area contributed by atoms with Gasteiger partial charge in [0.05, 0.1) is 0 Å². The maximum Gasteiger partial charge on any atom is 0.219 e. The van der Waals surface area contributed by atoms with Gasteiger partial charge in [0.2, 0.25) is 5.88 Å². The van der Waals surface area contributed by atoms with Crippen molar-refractivity contribution < 1.29 is 4.74 Å². The summed E-state index contributed by atoms with van der Waals surface area (Å²) in [6, 6.07) is 11.1. The molecule has 0 radical (unpaired) electrons. The molecular formula is C13H12ClNO. The molecule has 0 spiro atoms. The predicted octanol–water partition coefficient (Wildman–Crippen LogP) is 4.09. The van der Waals surface area contributed by atoms with E-state index < -0.39 is 0 Å². The molecule has 0 bridgehead atoms. The van der Waals surface area contributed by atoms with Crippen LogP contribution >= 0.6 is 11.6 Å². The lowest BCUT2D eigenvalue weighted by molar-refractivity contribution is 0.462. The van der Waals surface area contributed by atoms with E-state index in [1.807, 2.05) is 30.5 Å². The number of halogens is 1. The average Bonchev–Trinajstić information content (AvgIpc) is 2.33. The van der Waals surface area contributed by atoms with Crippen molar-refractivity contribution >= 4 is 11.6 Å². The van der Waals surface area contributed by atoms with Crippen LogP contribution in [0.25, 0.3) is 0 Å². The predicted molar refractivity (Wildman–Crippen MR) is 65.1 cm³/mol. The van der Waals surface area contributed by atoms with Gasteiger partial charge in [-0.05, 0) is 36.2 Å². The summed E-state index contributed by atoms with van der Waals surface area (Å²) in [5, 5.41) is 0.696. The molecule has 1 aromatic heterocycles. The van der Waals surface area contributed by atoms with Gasteiger partial charge >= 0.3 is 0 Å². The monoisotopic (exact) mass is 233 g/mol. The largest absolute Gasteiger partial charge is 0.439 e. The molecule has 0 atom stereocenters. The zero-order chi connectivity index (χ0) is 11.4. The van der Waals surface area contributed by atoms with Crippen molar-refractivity contribution in [3.63, 3.8) is 0 Å². The van der Waals surface area contributed by atoms with E-state index in [4.69, 9.17) is 16.3 Å². The SMILES string of the molecule is CCc1ccc(Oc2ccc(Cl)cc2)nc1. The fraction of sp³-hybridized carbons (Fsp3) is 0.154. The molecule has 0 N–H and O–H groups in total. The van der Waals surface area contributed by atoms with Crippen molar-refractivity contribution in [3.05, 3.63) is 53.2 Å². The Morgan fingerprint density at radius 3 is 2.44 bits per heavy atom. The quantitative estimate of drug-likeness (QED) is 0.797. The number of hydrogen-bond acceptors (Lipinski definition) is 2. The van der Waals surface area contributed by atoms with Gasteiger partial charge in [-0.2, -0.15) is 0 Å². The van der Waals surface area contributed by atoms with Crippen LogP contribution in [0.4, 0.5) is 0 Å². The number of pyridine rings is 1. The lowest BCUT2D eigenvalue weighted by Gasteiger charge is -2.04. The molecule has 2 nitrogen and oxygen atoms in total. The standard InChI is InChI=1S/C13H12ClNO/c1-2-10-3-8-13(15-9-10)16-12-6-4-11(14)5-7-12/h3-9H,2H2,1H3. The molecule has 3 heteroatoms. The fourth-order valence-electron chi connectivity index (χ4n) is 1.30. The smallest absolute Gasteiger partial charge is 0.219 e. The second-order valence-corrected chi connectivity index (χ2v) is 3.85. The Hall–Kier alpha value is -1.54. The highest BCUT2D eigenvalue weighted by molar-refractivity contribution is 6.30. The number of aromatic nitrogens is 1. The molecule has 16 heavy (non-hydrogen) atoms. The number of ether oxygens (including phenoxy) is 1. The highest BCUT2D eigenvalue weighted by Gasteiger charge is 1.98. The van der Waals surface area contributed by atoms with E-state index in [0.29, 0.717) is 10.9 Å². The summed E-state index contributed by atoms with van der Waals surface area (Å²) < 4.78 is 5.56. The Labute approximate surface area is 99.9 Å². The maximum atomic E-state index is 5.78. The Morgan fingerprint density at radius 2 is 1.88 bits per heavy atom. The molecule has 0 saturated carbocycles. The number of hydrogen-bond donors (Lipinski definition) is 0. The summed E-state index contributed by atoms with van der Waals surface area (Å²) in [6.07, 6.45) is 2.81. The van der Waals surface area contributed by atoms with E-state index in [-0.39, 0.29) is 0 Å². The van der Waals surface area contributed by atoms with Gasteiger partial charge in [-0.1, -0.05) is 24.6 Å². The lowest BCUT2D eigenvalue weighted by Crippen LogP contribution is -1.88. The second-order valence-electron chi connectivity index (χ2n) is 3.41. The second kappa shape index (κ2) is 4.99. The first kappa shape index (κ1) is 11.0. The minimum absolute atomic E-state index is 0.597. The molecule has 0 fully saturated rings. The highest BCUT2D eigenvalue weighted by atomic mass is 35.5. The third-order valence-corrected chi connectivity index (χ3v) is 2.49. The molecule has 0 saturated heterocycles. The normalized spacial score (nSPS) is 10.1. The maximum absolute atomic E-state index is 5.78. The number of rotatable bonds is 3. The first-order valence-corrected chi connectivity index (χ1v) is 5.54. The molecule has 82 valence electrons. The Balaban J connectivity index is 2.11. The van der Waals surface area contributed by atoms with Crippen LogP contribution in [0.5, 0.6) is 11.6 Å². The first-order valence-electron chi connectivity index (χ1n) is 5.16. The van der Waals surface area contributed by atoms with Crippen molar-refractivity contribution in [1.29, 1.82) is 0 Å². The highest BCUT2D eigenvalue weighted by Crippen LogP contribution is 2.21. The Morgan fingerprint density at radius 1 is 1.12 bits per heavy atom. The third-order valence-electron chi connectivity index (χ3n) is 2.24. The van der Waals surface area contributed by atoms with E-state index >= 15 is 0 Å². The third kappa shape index (κ3) is 2.74. The topological polar surface area (TPSA) is 22.1 Å². The van der Waals surface area contributed by atoms with Crippen LogP contribution in [0.1, 0.15) is 12.5 Å². The van der Waals surface area contributed by atoms with Gasteiger partial charge in [0, 0.05) is 17.3 Å². The van der Waals surface area contributed by atoms with Crippen LogP contribution in [0, 0.1) is 0 Å². The van der Waals surface area contributed by atoms with Crippen molar-refractivity contribution in [2.75, 3.05) is 0 Å². The van der Waals surface area contributed by atoms with Gasteiger partial charge in [0.1, 0.15) is 5.75 Å². The van der Waals surface area contributed by atoms with Crippen molar-refractivity contribution in [3.8, 4) is 11.6 Å². The van der Waals surface area contributed by atoms with Crippen molar-refractivity contribution in [1.82, 2.24) is 4.98 Å². The van der Waals surface area contributed by atoms with Crippen LogP contribution < -0.4 is 4.74 Å². The van der Waals surface area contributed by atoms with Crippen LogP contribution in [-0.4, -0.2) is 4.98 Å². The van der Waals surface area contributed by atoms with E-state index in [1.165, 1.54) is 5.56 Å².